The van der Waals surface area contributed by atoms with Crippen LogP contribution in [0.2, 0.25) is 0 Å². The Morgan fingerprint density at radius 2 is 2.20 bits per heavy atom. The molecule has 0 radical (unpaired) electrons. The molecule has 0 spiro atoms. The maximum Gasteiger partial charge on any atom is 0.178 e. The van der Waals surface area contributed by atoms with Crippen LogP contribution in [-0.4, -0.2) is 24.3 Å². The first-order valence-electron chi connectivity index (χ1n) is 3.00. The number of rotatable bonds is 3. The third kappa shape index (κ3) is 1.62. The molecule has 1 heterocycles. The van der Waals surface area contributed by atoms with Crippen LogP contribution in [0.25, 0.3) is 0 Å². The molecular weight excluding hydrogens is 136 g/mol. The Kier molecular flexibility index (Phi) is 2.13. The van der Waals surface area contributed by atoms with E-state index in [0.29, 0.717) is 0 Å². The smallest absolute Gasteiger partial charge is 0.178 e. The highest BCUT2D eigenvalue weighted by Gasteiger charge is 2.28. The Morgan fingerprint density at radius 3 is 2.50 bits per heavy atom. The van der Waals surface area contributed by atoms with Gasteiger partial charge in [0.15, 0.2) is 11.9 Å². The van der Waals surface area contributed by atoms with Gasteiger partial charge in [-0.2, -0.15) is 0 Å². The maximum absolute atomic E-state index is 10.8. The minimum atomic E-state index is -0.496. The molecule has 1 aliphatic rings. The summed E-state index contributed by atoms with van der Waals surface area (Å²) in [6.07, 6.45) is -0.544. The van der Waals surface area contributed by atoms with E-state index in [1.807, 2.05) is 0 Å². The van der Waals surface area contributed by atoms with Crippen molar-refractivity contribution in [1.82, 2.24) is 0 Å². The van der Waals surface area contributed by atoms with E-state index in [1.165, 1.54) is 6.92 Å². The van der Waals surface area contributed by atoms with Crippen LogP contribution in [0.4, 0.5) is 0 Å². The SMILES string of the molecule is CC(=O)CC(=O)C1COO1. The lowest BCUT2D eigenvalue weighted by molar-refractivity contribution is -0.410. The minimum absolute atomic E-state index is 0.0476. The molecule has 0 aliphatic carbocycles. The van der Waals surface area contributed by atoms with Crippen molar-refractivity contribution in [1.29, 1.82) is 0 Å². The molecule has 10 heavy (non-hydrogen) atoms. The van der Waals surface area contributed by atoms with Gasteiger partial charge >= 0.3 is 0 Å². The van der Waals surface area contributed by atoms with Gasteiger partial charge in [-0.3, -0.25) is 9.59 Å². The maximum atomic E-state index is 10.8. The Hall–Kier alpha value is -0.740. The molecule has 4 nitrogen and oxygen atoms in total. The average Bonchev–Trinajstić information content (AvgIpc) is 1.55. The van der Waals surface area contributed by atoms with Crippen LogP contribution in [0.1, 0.15) is 13.3 Å². The van der Waals surface area contributed by atoms with Gasteiger partial charge in [-0.15, -0.1) is 0 Å². The van der Waals surface area contributed by atoms with Crippen molar-refractivity contribution in [2.45, 2.75) is 19.4 Å². The van der Waals surface area contributed by atoms with E-state index >= 15 is 0 Å². The first-order chi connectivity index (χ1) is 4.70. The molecule has 1 unspecified atom stereocenters. The van der Waals surface area contributed by atoms with Gasteiger partial charge in [-0.05, 0) is 6.92 Å². The van der Waals surface area contributed by atoms with Crippen LogP contribution in [0.15, 0.2) is 0 Å². The summed E-state index contributed by atoms with van der Waals surface area (Å²) in [5, 5.41) is 0. The number of hydrogen-bond donors (Lipinski definition) is 0. The zero-order chi connectivity index (χ0) is 7.56. The van der Waals surface area contributed by atoms with E-state index < -0.39 is 6.10 Å². The monoisotopic (exact) mass is 144 g/mol. The lowest BCUT2D eigenvalue weighted by atomic mass is 10.1. The van der Waals surface area contributed by atoms with Crippen LogP contribution < -0.4 is 0 Å². The van der Waals surface area contributed by atoms with Crippen LogP contribution in [0, 0.1) is 0 Å². The van der Waals surface area contributed by atoms with Crippen molar-refractivity contribution in [2.24, 2.45) is 0 Å². The van der Waals surface area contributed by atoms with E-state index in [0.717, 1.165) is 0 Å². The summed E-state index contributed by atoms with van der Waals surface area (Å²) in [6.45, 7) is 1.66. The quantitative estimate of drug-likeness (QED) is 0.409. The Bertz CT molecular complexity index is 159. The molecule has 0 aromatic carbocycles. The summed E-state index contributed by atoms with van der Waals surface area (Å²) in [5.74, 6) is -0.334. The van der Waals surface area contributed by atoms with E-state index in [4.69, 9.17) is 0 Å². The van der Waals surface area contributed by atoms with Gasteiger partial charge in [0.1, 0.15) is 12.4 Å². The van der Waals surface area contributed by atoms with Gasteiger partial charge in [0.2, 0.25) is 0 Å². The Morgan fingerprint density at radius 1 is 1.60 bits per heavy atom. The topological polar surface area (TPSA) is 52.6 Å². The van der Waals surface area contributed by atoms with E-state index in [2.05, 4.69) is 9.78 Å². The summed E-state index contributed by atoms with van der Waals surface area (Å²) in [4.78, 5) is 29.9. The second kappa shape index (κ2) is 2.90. The fourth-order valence-electron chi connectivity index (χ4n) is 0.642. The van der Waals surface area contributed by atoms with Gasteiger partial charge in [-0.1, -0.05) is 0 Å². The molecule has 0 aromatic heterocycles. The molecule has 1 rings (SSSR count). The Balaban J connectivity index is 2.27. The summed E-state index contributed by atoms with van der Waals surface area (Å²) in [5.41, 5.74) is 0. The highest BCUT2D eigenvalue weighted by Crippen LogP contribution is 2.08. The lowest BCUT2D eigenvalue weighted by Gasteiger charge is -2.22. The van der Waals surface area contributed by atoms with E-state index in [-0.39, 0.29) is 24.6 Å². The van der Waals surface area contributed by atoms with Gasteiger partial charge in [0.25, 0.3) is 0 Å². The predicted octanol–water partition coefficient (Wildman–Crippen LogP) is -0.135. The zero-order valence-corrected chi connectivity index (χ0v) is 5.62. The highest BCUT2D eigenvalue weighted by molar-refractivity contribution is 6.00. The van der Waals surface area contributed by atoms with Crippen molar-refractivity contribution in [3.8, 4) is 0 Å². The summed E-state index contributed by atoms with van der Waals surface area (Å²) < 4.78 is 0. The fourth-order valence-corrected chi connectivity index (χ4v) is 0.642. The standard InChI is InChI=1S/C6H8O4/c1-4(7)2-5(8)6-3-9-10-6/h6H,2-3H2,1H3. The van der Waals surface area contributed by atoms with Crippen molar-refractivity contribution in [2.75, 3.05) is 6.61 Å². The molecule has 1 aliphatic heterocycles. The van der Waals surface area contributed by atoms with Gasteiger partial charge in [-0.25, -0.2) is 9.78 Å². The van der Waals surface area contributed by atoms with Crippen LogP contribution in [0.3, 0.4) is 0 Å². The first-order valence-corrected chi connectivity index (χ1v) is 3.00. The van der Waals surface area contributed by atoms with E-state index in [1.54, 1.807) is 0 Å². The largest absolute Gasteiger partial charge is 0.300 e. The molecule has 4 heteroatoms. The number of hydrogen-bond acceptors (Lipinski definition) is 4. The second-order valence-electron chi connectivity index (χ2n) is 2.21. The molecule has 56 valence electrons. The molecule has 1 fully saturated rings. The molecule has 0 N–H and O–H groups in total. The van der Waals surface area contributed by atoms with Crippen LogP contribution >= 0.6 is 0 Å². The molecule has 0 bridgehead atoms. The number of Topliss-reactive ketones (excluding diaryl/α,β-unsaturated/α-hetero) is 2. The predicted molar refractivity (Wildman–Crippen MR) is 31.1 cm³/mol. The summed E-state index contributed by atoms with van der Waals surface area (Å²) in [7, 11) is 0. The van der Waals surface area contributed by atoms with Crippen LogP contribution in [-0.2, 0) is 19.4 Å². The average molecular weight is 144 g/mol. The fraction of sp³-hybridized carbons (Fsp3) is 0.667. The van der Waals surface area contributed by atoms with Gasteiger partial charge in [0, 0.05) is 0 Å². The summed E-state index contributed by atoms with van der Waals surface area (Å²) in [6, 6.07) is 0. The third-order valence-corrected chi connectivity index (χ3v) is 1.19. The number of ketones is 2. The molecule has 1 atom stereocenters. The van der Waals surface area contributed by atoms with Crippen LogP contribution in [0.5, 0.6) is 0 Å². The zero-order valence-electron chi connectivity index (χ0n) is 5.62. The molecular formula is C6H8O4. The van der Waals surface area contributed by atoms with Crippen molar-refractivity contribution < 1.29 is 19.4 Å². The Labute approximate surface area is 58.0 Å². The van der Waals surface area contributed by atoms with E-state index in [9.17, 15) is 9.59 Å². The van der Waals surface area contributed by atoms with Gasteiger partial charge < -0.3 is 0 Å². The third-order valence-electron chi connectivity index (χ3n) is 1.19. The van der Waals surface area contributed by atoms with Gasteiger partial charge in [0.05, 0.1) is 6.42 Å². The lowest BCUT2D eigenvalue weighted by Crippen LogP contribution is -2.39. The molecule has 0 aromatic rings. The van der Waals surface area contributed by atoms with Crippen molar-refractivity contribution in [3.63, 3.8) is 0 Å². The normalized spacial score (nSPS) is 23.5. The van der Waals surface area contributed by atoms with Crippen molar-refractivity contribution >= 4 is 11.6 Å². The highest BCUT2D eigenvalue weighted by atomic mass is 17.2. The second-order valence-corrected chi connectivity index (χ2v) is 2.21. The number of carbonyl (C=O) groups excluding carboxylic acids is 2. The molecule has 1 saturated heterocycles. The minimum Gasteiger partial charge on any atom is -0.300 e. The molecule has 0 amide bonds. The summed E-state index contributed by atoms with van der Waals surface area (Å²) >= 11 is 0. The first kappa shape index (κ1) is 7.37. The number of carbonyl (C=O) groups is 2. The van der Waals surface area contributed by atoms with Crippen molar-refractivity contribution in [3.05, 3.63) is 0 Å². The molecule has 0 saturated carbocycles.